The average Bonchev–Trinajstić information content (AvgIpc) is 3.30. The number of benzene rings is 2. The van der Waals surface area contributed by atoms with Gasteiger partial charge in [0, 0.05) is 11.8 Å². The SMILES string of the molecule is CCCOc1ccc2c(c1)CC(c1nc3ccc(-c4ccnc(N)n4)cc3[nH]1)CO2.O=C(O)C(F)(F)F. The number of rotatable bonds is 5. The van der Waals surface area contributed by atoms with Crippen molar-refractivity contribution in [2.24, 2.45) is 0 Å². The molecule has 2 aromatic carbocycles. The van der Waals surface area contributed by atoms with E-state index in [9.17, 15) is 13.2 Å². The molecule has 0 spiro atoms. The van der Waals surface area contributed by atoms with E-state index in [-0.39, 0.29) is 11.9 Å². The molecule has 1 atom stereocenters. The van der Waals surface area contributed by atoms with Crippen molar-refractivity contribution in [1.29, 1.82) is 0 Å². The largest absolute Gasteiger partial charge is 0.494 e. The Labute approximate surface area is 209 Å². The van der Waals surface area contributed by atoms with Crippen molar-refractivity contribution < 1.29 is 32.5 Å². The number of hydrogen-bond acceptors (Lipinski definition) is 7. The minimum Gasteiger partial charge on any atom is -0.494 e. The molecule has 1 unspecified atom stereocenters. The Hall–Kier alpha value is -4.35. The first-order valence-corrected chi connectivity index (χ1v) is 11.4. The third-order valence-corrected chi connectivity index (χ3v) is 5.51. The van der Waals surface area contributed by atoms with Crippen molar-refractivity contribution in [2.75, 3.05) is 18.9 Å². The fourth-order valence-corrected chi connectivity index (χ4v) is 3.77. The Bertz CT molecular complexity index is 1410. The van der Waals surface area contributed by atoms with E-state index < -0.39 is 12.1 Å². The fraction of sp³-hybridized carbons (Fsp3) is 0.280. The van der Waals surface area contributed by atoms with E-state index in [2.05, 4.69) is 27.9 Å². The monoisotopic (exact) mass is 515 g/mol. The van der Waals surface area contributed by atoms with Gasteiger partial charge in [0.2, 0.25) is 5.95 Å². The second-order valence-electron chi connectivity index (χ2n) is 8.29. The lowest BCUT2D eigenvalue weighted by molar-refractivity contribution is -0.192. The topological polar surface area (TPSA) is 136 Å². The highest BCUT2D eigenvalue weighted by Crippen LogP contribution is 2.35. The third-order valence-electron chi connectivity index (χ3n) is 5.51. The Morgan fingerprint density at radius 3 is 2.70 bits per heavy atom. The number of anilines is 1. The molecule has 1 aliphatic rings. The van der Waals surface area contributed by atoms with Crippen molar-refractivity contribution >= 4 is 23.0 Å². The van der Waals surface area contributed by atoms with Gasteiger partial charge in [-0.3, -0.25) is 0 Å². The van der Waals surface area contributed by atoms with Crippen LogP contribution in [0.15, 0.2) is 48.7 Å². The number of nitrogens with zero attached hydrogens (tertiary/aromatic N) is 3. The van der Waals surface area contributed by atoms with Gasteiger partial charge in [-0.05, 0) is 54.8 Å². The van der Waals surface area contributed by atoms with Gasteiger partial charge in [0.05, 0.1) is 35.9 Å². The van der Waals surface area contributed by atoms with E-state index in [4.69, 9.17) is 30.1 Å². The Balaban J connectivity index is 0.000000405. The van der Waals surface area contributed by atoms with Gasteiger partial charge in [0.25, 0.3) is 0 Å². The zero-order valence-corrected chi connectivity index (χ0v) is 19.7. The molecule has 5 rings (SSSR count). The van der Waals surface area contributed by atoms with Gasteiger partial charge in [0.15, 0.2) is 0 Å². The van der Waals surface area contributed by atoms with Gasteiger partial charge in [-0.25, -0.2) is 19.7 Å². The summed E-state index contributed by atoms with van der Waals surface area (Å²) in [4.78, 5) is 25.4. The van der Waals surface area contributed by atoms with Crippen LogP contribution in [0.5, 0.6) is 11.5 Å². The van der Waals surface area contributed by atoms with Crippen LogP contribution < -0.4 is 15.2 Å². The Kier molecular flexibility index (Phi) is 7.46. The Morgan fingerprint density at radius 2 is 2.00 bits per heavy atom. The van der Waals surface area contributed by atoms with Crippen LogP contribution in [0.1, 0.15) is 30.7 Å². The number of halogens is 3. The summed E-state index contributed by atoms with van der Waals surface area (Å²) in [6.07, 6.45) is -1.58. The number of ether oxygens (including phenoxy) is 2. The predicted octanol–water partition coefficient (Wildman–Crippen LogP) is 4.74. The van der Waals surface area contributed by atoms with Crippen LogP contribution in [-0.4, -0.2) is 50.4 Å². The molecular formula is C25H24F3N5O4. The van der Waals surface area contributed by atoms with Crippen LogP contribution in [0.2, 0.25) is 0 Å². The average molecular weight is 515 g/mol. The van der Waals surface area contributed by atoms with Crippen LogP contribution in [0.4, 0.5) is 19.1 Å². The van der Waals surface area contributed by atoms with Gasteiger partial charge < -0.3 is 25.3 Å². The molecule has 0 aliphatic carbocycles. The number of aliphatic carboxylic acids is 1. The number of carboxylic acid groups (broad SMARTS) is 1. The number of H-pyrrole nitrogens is 1. The molecule has 4 N–H and O–H groups in total. The lowest BCUT2D eigenvalue weighted by Crippen LogP contribution is -2.21. The van der Waals surface area contributed by atoms with Crippen molar-refractivity contribution in [3.8, 4) is 22.8 Å². The van der Waals surface area contributed by atoms with E-state index in [0.717, 1.165) is 58.0 Å². The summed E-state index contributed by atoms with van der Waals surface area (Å²) in [5.41, 5.74) is 10.5. The van der Waals surface area contributed by atoms with Gasteiger partial charge in [-0.2, -0.15) is 13.2 Å². The minimum atomic E-state index is -5.08. The maximum atomic E-state index is 10.6. The van der Waals surface area contributed by atoms with Gasteiger partial charge in [-0.15, -0.1) is 0 Å². The van der Waals surface area contributed by atoms with Gasteiger partial charge >= 0.3 is 12.1 Å². The van der Waals surface area contributed by atoms with Crippen molar-refractivity contribution in [1.82, 2.24) is 19.9 Å². The summed E-state index contributed by atoms with van der Waals surface area (Å²) < 4.78 is 43.5. The molecule has 2 aromatic heterocycles. The first-order chi connectivity index (χ1) is 17.6. The molecule has 37 heavy (non-hydrogen) atoms. The number of alkyl halides is 3. The highest BCUT2D eigenvalue weighted by atomic mass is 19.4. The Morgan fingerprint density at radius 1 is 1.22 bits per heavy atom. The molecule has 194 valence electrons. The molecule has 0 saturated heterocycles. The maximum absolute atomic E-state index is 10.6. The predicted molar refractivity (Wildman–Crippen MR) is 129 cm³/mol. The minimum absolute atomic E-state index is 0.157. The van der Waals surface area contributed by atoms with E-state index >= 15 is 0 Å². The van der Waals surface area contributed by atoms with Crippen LogP contribution in [-0.2, 0) is 11.2 Å². The van der Waals surface area contributed by atoms with Crippen LogP contribution in [0, 0.1) is 0 Å². The van der Waals surface area contributed by atoms with E-state index in [1.165, 1.54) is 0 Å². The van der Waals surface area contributed by atoms with E-state index in [0.29, 0.717) is 13.2 Å². The highest BCUT2D eigenvalue weighted by Gasteiger charge is 2.38. The standard InChI is InChI=1S/C23H23N5O2.C2HF3O2/c1-2-9-29-17-4-6-21-15(11-17)10-16(13-30-21)22-26-19-5-3-14(12-20(19)27-22)18-7-8-25-23(24)28-18;3-2(4,5)1(6)7/h3-8,11-12,16H,2,9-10,13H2,1H3,(H,26,27)(H2,24,25,28);(H,6,7). The van der Waals surface area contributed by atoms with Crippen molar-refractivity contribution in [3.05, 3.63) is 60.0 Å². The van der Waals surface area contributed by atoms with Crippen LogP contribution >= 0.6 is 0 Å². The second-order valence-corrected chi connectivity index (χ2v) is 8.29. The molecule has 12 heteroatoms. The number of nitrogens with two attached hydrogens (primary N) is 1. The number of aromatic amines is 1. The number of carbonyl (C=O) groups is 1. The summed E-state index contributed by atoms with van der Waals surface area (Å²) in [5, 5.41) is 7.12. The lowest BCUT2D eigenvalue weighted by Gasteiger charge is -2.24. The second kappa shape index (κ2) is 10.7. The van der Waals surface area contributed by atoms with Gasteiger partial charge in [0.1, 0.15) is 17.3 Å². The normalized spacial score (nSPS) is 14.8. The van der Waals surface area contributed by atoms with Crippen LogP contribution in [0.3, 0.4) is 0 Å². The van der Waals surface area contributed by atoms with Crippen LogP contribution in [0.25, 0.3) is 22.3 Å². The molecule has 1 aliphatic heterocycles. The molecule has 4 aromatic rings. The summed E-state index contributed by atoms with van der Waals surface area (Å²) in [5.74, 6) is 0.401. The molecular weight excluding hydrogens is 491 g/mol. The number of nitrogens with one attached hydrogen (secondary N) is 1. The number of hydrogen-bond donors (Lipinski definition) is 3. The van der Waals surface area contributed by atoms with Crippen molar-refractivity contribution in [3.63, 3.8) is 0 Å². The number of carboxylic acids is 1. The summed E-state index contributed by atoms with van der Waals surface area (Å²) in [6, 6.07) is 13.9. The molecule has 0 bridgehead atoms. The zero-order chi connectivity index (χ0) is 26.6. The quantitative estimate of drug-likeness (QED) is 0.347. The maximum Gasteiger partial charge on any atom is 0.490 e. The van der Waals surface area contributed by atoms with Gasteiger partial charge in [-0.1, -0.05) is 13.0 Å². The molecule has 0 amide bonds. The molecule has 0 saturated carbocycles. The van der Waals surface area contributed by atoms with E-state index in [1.54, 1.807) is 6.20 Å². The number of nitrogen functional groups attached to an aromatic ring is 1. The summed E-state index contributed by atoms with van der Waals surface area (Å²) in [6.45, 7) is 3.41. The van der Waals surface area contributed by atoms with E-state index in [1.807, 2.05) is 36.4 Å². The van der Waals surface area contributed by atoms with Crippen molar-refractivity contribution in [2.45, 2.75) is 31.9 Å². The fourth-order valence-electron chi connectivity index (χ4n) is 3.77. The molecule has 0 fully saturated rings. The highest BCUT2D eigenvalue weighted by molar-refractivity contribution is 5.81. The molecule has 0 radical (unpaired) electrons. The number of fused-ring (bicyclic) bond motifs is 2. The third kappa shape index (κ3) is 6.26. The first-order valence-electron chi connectivity index (χ1n) is 11.4. The molecule has 9 nitrogen and oxygen atoms in total. The summed E-state index contributed by atoms with van der Waals surface area (Å²) in [7, 11) is 0. The number of imidazole rings is 1. The number of aromatic nitrogens is 4. The lowest BCUT2D eigenvalue weighted by atomic mass is 9.96. The molecule has 3 heterocycles. The summed E-state index contributed by atoms with van der Waals surface area (Å²) >= 11 is 0. The first kappa shape index (κ1) is 25.7. The smallest absolute Gasteiger partial charge is 0.490 e. The zero-order valence-electron chi connectivity index (χ0n) is 19.7.